The molecule has 0 radical (unpaired) electrons. The van der Waals surface area contributed by atoms with Crippen LogP contribution in [0.5, 0.6) is 0 Å². The van der Waals surface area contributed by atoms with E-state index in [0.29, 0.717) is 6.54 Å². The third kappa shape index (κ3) is 7.11. The van der Waals surface area contributed by atoms with E-state index in [9.17, 15) is 14.4 Å². The van der Waals surface area contributed by atoms with E-state index in [4.69, 9.17) is 11.5 Å². The van der Waals surface area contributed by atoms with Gasteiger partial charge >= 0.3 is 12.0 Å². The number of nitrogens with one attached hydrogen (secondary N) is 2. The molecule has 0 aromatic rings. The van der Waals surface area contributed by atoms with Crippen LogP contribution in [0.1, 0.15) is 13.3 Å². The minimum atomic E-state index is -1.14. The van der Waals surface area contributed by atoms with Crippen molar-refractivity contribution < 1.29 is 19.5 Å². The predicted octanol–water partition coefficient (Wildman–Crippen LogP) is -0.758. The lowest BCUT2D eigenvalue weighted by Gasteiger charge is -2.19. The second kappa shape index (κ2) is 8.87. The maximum absolute atomic E-state index is 11.6. The van der Waals surface area contributed by atoms with Gasteiger partial charge in [-0.15, -0.1) is 6.42 Å². The molecule has 0 rings (SSSR count). The number of nitrogens with zero attached hydrogens (tertiary/aromatic N) is 1. The number of carbonyl (C=O) groups is 3. The summed E-state index contributed by atoms with van der Waals surface area (Å²) in [6, 6.07) is -0.444. The first kappa shape index (κ1) is 15.8. The van der Waals surface area contributed by atoms with Crippen LogP contribution >= 0.6 is 0 Å². The van der Waals surface area contributed by atoms with Crippen LogP contribution in [-0.2, 0) is 9.59 Å². The molecular weight excluding hydrogens is 238 g/mol. The first-order valence-corrected chi connectivity index (χ1v) is 5.46. The van der Waals surface area contributed by atoms with Crippen molar-refractivity contribution >= 4 is 17.9 Å². The van der Waals surface area contributed by atoms with E-state index in [1.807, 2.05) is 6.92 Å². The van der Waals surface area contributed by atoms with Gasteiger partial charge in [-0.2, -0.15) is 0 Å². The fourth-order valence-corrected chi connectivity index (χ4v) is 1.14. The number of carbonyl (C=O) groups excluding carboxylic acids is 2. The standard InChI is InChI=1S/C11H17N3O4/c1-3-5-14(6-4-2)11(18)13-7-9(15)12-8-10(16)17/h1H,4-8H2,2H3,(H,12,15)(H,13,18)(H,16,17). The normalized spacial score (nSPS) is 9.11. The highest BCUT2D eigenvalue weighted by atomic mass is 16.4. The molecule has 18 heavy (non-hydrogen) atoms. The van der Waals surface area contributed by atoms with Crippen LogP contribution in [0, 0.1) is 12.3 Å². The predicted molar refractivity (Wildman–Crippen MR) is 64.7 cm³/mol. The molecule has 0 aliphatic heterocycles. The van der Waals surface area contributed by atoms with Crippen molar-refractivity contribution in [2.75, 3.05) is 26.2 Å². The first-order valence-electron chi connectivity index (χ1n) is 5.46. The van der Waals surface area contributed by atoms with Gasteiger partial charge < -0.3 is 20.6 Å². The van der Waals surface area contributed by atoms with E-state index in [2.05, 4.69) is 16.6 Å². The zero-order chi connectivity index (χ0) is 14.0. The topological polar surface area (TPSA) is 98.7 Å². The van der Waals surface area contributed by atoms with Gasteiger partial charge in [0, 0.05) is 6.54 Å². The van der Waals surface area contributed by atoms with E-state index >= 15 is 0 Å². The van der Waals surface area contributed by atoms with Gasteiger partial charge in [-0.05, 0) is 6.42 Å². The maximum atomic E-state index is 11.6. The smallest absolute Gasteiger partial charge is 0.322 e. The van der Waals surface area contributed by atoms with Crippen molar-refractivity contribution in [2.24, 2.45) is 0 Å². The highest BCUT2D eigenvalue weighted by Crippen LogP contribution is 1.91. The lowest BCUT2D eigenvalue weighted by molar-refractivity contribution is -0.137. The summed E-state index contributed by atoms with van der Waals surface area (Å²) in [5.41, 5.74) is 0. The van der Waals surface area contributed by atoms with Crippen LogP contribution in [0.2, 0.25) is 0 Å². The number of urea groups is 1. The van der Waals surface area contributed by atoms with Crippen LogP contribution in [-0.4, -0.2) is 54.1 Å². The molecule has 0 unspecified atom stereocenters. The van der Waals surface area contributed by atoms with Crippen molar-refractivity contribution in [3.63, 3.8) is 0 Å². The van der Waals surface area contributed by atoms with Gasteiger partial charge in [0.1, 0.15) is 6.54 Å². The van der Waals surface area contributed by atoms with E-state index in [-0.39, 0.29) is 13.1 Å². The highest BCUT2D eigenvalue weighted by molar-refractivity contribution is 5.86. The second-order valence-corrected chi connectivity index (χ2v) is 3.45. The van der Waals surface area contributed by atoms with Crippen LogP contribution in [0.25, 0.3) is 0 Å². The number of hydrogen-bond acceptors (Lipinski definition) is 3. The Morgan fingerprint density at radius 2 is 1.94 bits per heavy atom. The zero-order valence-corrected chi connectivity index (χ0v) is 10.2. The highest BCUT2D eigenvalue weighted by Gasteiger charge is 2.12. The van der Waals surface area contributed by atoms with E-state index in [1.54, 1.807) is 0 Å². The molecule has 0 atom stereocenters. The van der Waals surface area contributed by atoms with E-state index in [0.717, 1.165) is 6.42 Å². The van der Waals surface area contributed by atoms with Gasteiger partial charge in [0.05, 0.1) is 13.1 Å². The zero-order valence-electron chi connectivity index (χ0n) is 10.2. The molecule has 0 saturated carbocycles. The Labute approximate surface area is 106 Å². The molecule has 0 bridgehead atoms. The number of carboxylic acid groups (broad SMARTS) is 1. The van der Waals surface area contributed by atoms with E-state index in [1.165, 1.54) is 4.90 Å². The van der Waals surface area contributed by atoms with E-state index < -0.39 is 24.5 Å². The molecular formula is C11H17N3O4. The summed E-state index contributed by atoms with van der Waals surface area (Å²) in [6.45, 7) is 1.80. The van der Waals surface area contributed by atoms with Crippen LogP contribution in [0.15, 0.2) is 0 Å². The minimum Gasteiger partial charge on any atom is -0.480 e. The molecule has 3 amide bonds. The SMILES string of the molecule is C#CCN(CCC)C(=O)NCC(=O)NCC(=O)O. The number of carboxylic acids is 1. The number of terminal acetylenes is 1. The fraction of sp³-hybridized carbons (Fsp3) is 0.545. The molecule has 7 heteroatoms. The monoisotopic (exact) mass is 255 g/mol. The van der Waals surface area contributed by atoms with Crippen molar-refractivity contribution in [1.29, 1.82) is 0 Å². The minimum absolute atomic E-state index is 0.163. The summed E-state index contributed by atoms with van der Waals surface area (Å²) in [4.78, 5) is 34.3. The van der Waals surface area contributed by atoms with Crippen LogP contribution in [0.3, 0.4) is 0 Å². The third-order valence-electron chi connectivity index (χ3n) is 1.90. The molecule has 100 valence electrons. The maximum Gasteiger partial charge on any atom is 0.322 e. The lowest BCUT2D eigenvalue weighted by Crippen LogP contribution is -2.45. The molecule has 0 spiro atoms. The summed E-state index contributed by atoms with van der Waals surface area (Å²) in [5, 5.41) is 12.8. The van der Waals surface area contributed by atoms with Gasteiger partial charge in [0.25, 0.3) is 0 Å². The van der Waals surface area contributed by atoms with Crippen molar-refractivity contribution in [3.8, 4) is 12.3 Å². The molecule has 0 aliphatic rings. The molecule has 0 aromatic heterocycles. The van der Waals surface area contributed by atoms with Gasteiger partial charge in [0.2, 0.25) is 5.91 Å². The summed E-state index contributed by atoms with van der Waals surface area (Å²) in [6.07, 6.45) is 5.87. The quantitative estimate of drug-likeness (QED) is 0.521. The Morgan fingerprint density at radius 1 is 1.28 bits per heavy atom. The van der Waals surface area contributed by atoms with Gasteiger partial charge in [-0.3, -0.25) is 9.59 Å². The average Bonchev–Trinajstić information content (AvgIpc) is 2.33. The average molecular weight is 255 g/mol. The second-order valence-electron chi connectivity index (χ2n) is 3.45. The van der Waals surface area contributed by atoms with Gasteiger partial charge in [-0.25, -0.2) is 4.79 Å². The Kier molecular flexibility index (Phi) is 7.77. The van der Waals surface area contributed by atoms with Crippen LogP contribution in [0.4, 0.5) is 4.79 Å². The first-order chi connectivity index (χ1) is 8.51. The third-order valence-corrected chi connectivity index (χ3v) is 1.90. The summed E-state index contributed by atoms with van der Waals surface area (Å²) < 4.78 is 0. The largest absolute Gasteiger partial charge is 0.480 e. The Bertz CT molecular complexity index is 349. The molecule has 7 nitrogen and oxygen atoms in total. The van der Waals surface area contributed by atoms with Crippen LogP contribution < -0.4 is 10.6 Å². The number of hydrogen-bond donors (Lipinski definition) is 3. The summed E-state index contributed by atoms with van der Waals surface area (Å²) in [5.74, 6) is 0.637. The Balaban J connectivity index is 4.03. The molecule has 3 N–H and O–H groups in total. The molecule has 0 saturated heterocycles. The lowest BCUT2D eigenvalue weighted by atomic mass is 10.4. The van der Waals surface area contributed by atoms with Crippen molar-refractivity contribution in [2.45, 2.75) is 13.3 Å². The van der Waals surface area contributed by atoms with Crippen molar-refractivity contribution in [1.82, 2.24) is 15.5 Å². The summed E-state index contributed by atoms with van der Waals surface area (Å²) >= 11 is 0. The van der Waals surface area contributed by atoms with Gasteiger partial charge in [-0.1, -0.05) is 12.8 Å². The molecule has 0 aliphatic carbocycles. The molecule has 0 fully saturated rings. The number of rotatable bonds is 7. The Morgan fingerprint density at radius 3 is 2.44 bits per heavy atom. The molecule has 0 heterocycles. The van der Waals surface area contributed by atoms with Gasteiger partial charge in [0.15, 0.2) is 0 Å². The Hall–Kier alpha value is -2.23. The number of amides is 3. The summed E-state index contributed by atoms with van der Waals surface area (Å²) in [7, 11) is 0. The fourth-order valence-electron chi connectivity index (χ4n) is 1.14. The molecule has 0 aromatic carbocycles. The van der Waals surface area contributed by atoms with Crippen molar-refractivity contribution in [3.05, 3.63) is 0 Å². The number of aliphatic carboxylic acids is 1.